The topological polar surface area (TPSA) is 69.3 Å². The van der Waals surface area contributed by atoms with Crippen LogP contribution in [0.4, 0.5) is 0 Å². The molecule has 0 unspecified atom stereocenters. The summed E-state index contributed by atoms with van der Waals surface area (Å²) < 4.78 is 0. The molecule has 2 amide bonds. The van der Waals surface area contributed by atoms with E-state index in [4.69, 9.17) is 0 Å². The predicted molar refractivity (Wildman–Crippen MR) is 82.8 cm³/mol. The Bertz CT molecular complexity index is 698. The van der Waals surface area contributed by atoms with Crippen LogP contribution in [0.3, 0.4) is 0 Å². The van der Waals surface area contributed by atoms with Crippen LogP contribution in [0, 0.1) is 5.92 Å². The molecule has 1 aliphatic rings. The summed E-state index contributed by atoms with van der Waals surface area (Å²) in [4.78, 5) is 34.7. The number of rotatable bonds is 4. The lowest BCUT2D eigenvalue weighted by atomic mass is 9.98. The minimum atomic E-state index is -0.127. The average Bonchev–Trinajstić information content (AvgIpc) is 2.87. The monoisotopic (exact) mass is 298 g/mol. The molecule has 0 aliphatic carbocycles. The van der Waals surface area contributed by atoms with Gasteiger partial charge in [-0.15, -0.1) is 0 Å². The van der Waals surface area contributed by atoms with E-state index >= 15 is 0 Å². The van der Waals surface area contributed by atoms with Gasteiger partial charge in [0.15, 0.2) is 0 Å². The molecule has 6 heteroatoms. The van der Waals surface area contributed by atoms with E-state index in [0.717, 1.165) is 16.9 Å². The van der Waals surface area contributed by atoms with Gasteiger partial charge in [-0.25, -0.2) is 4.98 Å². The van der Waals surface area contributed by atoms with Crippen LogP contribution in [0.25, 0.3) is 11.0 Å². The van der Waals surface area contributed by atoms with Crippen molar-refractivity contribution in [2.24, 2.45) is 5.92 Å². The van der Waals surface area contributed by atoms with Crippen LogP contribution in [0.5, 0.6) is 0 Å². The van der Waals surface area contributed by atoms with E-state index < -0.39 is 0 Å². The summed E-state index contributed by atoms with van der Waals surface area (Å²) in [6, 6.07) is 7.76. The molecule has 1 N–H and O–H groups in total. The lowest BCUT2D eigenvalue weighted by Gasteiger charge is -2.39. The Morgan fingerprint density at radius 2 is 2.18 bits per heavy atom. The highest BCUT2D eigenvalue weighted by atomic mass is 16.2. The summed E-state index contributed by atoms with van der Waals surface area (Å²) in [6.45, 7) is 4.81. The lowest BCUT2D eigenvalue weighted by molar-refractivity contribution is -0.145. The number of H-pyrrole nitrogens is 1. The summed E-state index contributed by atoms with van der Waals surface area (Å²) in [7, 11) is 1.76. The van der Waals surface area contributed by atoms with Crippen LogP contribution in [-0.2, 0) is 16.1 Å². The van der Waals surface area contributed by atoms with E-state index in [1.807, 2.05) is 24.3 Å². The molecule has 1 aliphatic heterocycles. The molecule has 0 spiro atoms. The van der Waals surface area contributed by atoms with Crippen molar-refractivity contribution in [1.82, 2.24) is 19.8 Å². The van der Waals surface area contributed by atoms with Gasteiger partial charge in [0, 0.05) is 20.1 Å². The Kier molecular flexibility index (Phi) is 3.66. The molecule has 114 valence electrons. The fourth-order valence-corrected chi connectivity index (χ4v) is 2.64. The second kappa shape index (κ2) is 5.63. The van der Waals surface area contributed by atoms with Crippen LogP contribution in [0.2, 0.25) is 0 Å². The van der Waals surface area contributed by atoms with E-state index in [1.165, 1.54) is 6.08 Å². The van der Waals surface area contributed by atoms with E-state index in [-0.39, 0.29) is 17.7 Å². The van der Waals surface area contributed by atoms with Gasteiger partial charge in [0.1, 0.15) is 5.82 Å². The van der Waals surface area contributed by atoms with Crippen molar-refractivity contribution in [3.8, 4) is 0 Å². The van der Waals surface area contributed by atoms with Gasteiger partial charge in [0.25, 0.3) is 0 Å². The number of carbonyl (C=O) groups is 2. The van der Waals surface area contributed by atoms with Crippen LogP contribution in [0.15, 0.2) is 36.9 Å². The Morgan fingerprint density at radius 1 is 1.45 bits per heavy atom. The van der Waals surface area contributed by atoms with Crippen LogP contribution in [0.1, 0.15) is 5.82 Å². The first kappa shape index (κ1) is 14.3. The number of para-hydroxylation sites is 2. The number of fused-ring (bicyclic) bond motifs is 1. The number of aromatic amines is 1. The smallest absolute Gasteiger partial charge is 0.246 e. The van der Waals surface area contributed by atoms with E-state index in [2.05, 4.69) is 16.5 Å². The van der Waals surface area contributed by atoms with Crippen LogP contribution in [-0.4, -0.2) is 51.7 Å². The summed E-state index contributed by atoms with van der Waals surface area (Å²) in [5, 5.41) is 0. The number of benzene rings is 1. The van der Waals surface area contributed by atoms with E-state index in [1.54, 1.807) is 16.8 Å². The first-order valence-corrected chi connectivity index (χ1v) is 7.18. The number of nitrogens with one attached hydrogen (secondary N) is 1. The van der Waals surface area contributed by atoms with Gasteiger partial charge in [0.05, 0.1) is 23.5 Å². The standard InChI is InChI=1S/C16H18N4O2/c1-3-15(21)20-8-11(9-20)16(22)19(2)10-14-17-12-6-4-5-7-13(12)18-14/h3-7,11H,1,8-10H2,2H3,(H,17,18). The van der Waals surface area contributed by atoms with E-state index in [9.17, 15) is 9.59 Å². The van der Waals surface area contributed by atoms with Gasteiger partial charge in [-0.1, -0.05) is 18.7 Å². The highest BCUT2D eigenvalue weighted by molar-refractivity contribution is 5.90. The average molecular weight is 298 g/mol. The summed E-state index contributed by atoms with van der Waals surface area (Å²) in [5.41, 5.74) is 1.86. The quantitative estimate of drug-likeness (QED) is 0.861. The fourth-order valence-electron chi connectivity index (χ4n) is 2.64. The minimum Gasteiger partial charge on any atom is -0.340 e. The Balaban J connectivity index is 1.60. The molecular weight excluding hydrogens is 280 g/mol. The van der Waals surface area contributed by atoms with Crippen molar-refractivity contribution in [2.75, 3.05) is 20.1 Å². The maximum absolute atomic E-state index is 12.3. The van der Waals surface area contributed by atoms with Gasteiger partial charge < -0.3 is 14.8 Å². The molecule has 1 aromatic carbocycles. The molecule has 0 saturated carbocycles. The normalized spacial score (nSPS) is 14.7. The second-order valence-electron chi connectivity index (χ2n) is 5.54. The number of carbonyl (C=O) groups excluding carboxylic acids is 2. The third kappa shape index (κ3) is 2.59. The summed E-state index contributed by atoms with van der Waals surface area (Å²) in [6.07, 6.45) is 1.28. The number of imidazole rings is 1. The van der Waals surface area contributed by atoms with Gasteiger partial charge in [-0.05, 0) is 18.2 Å². The van der Waals surface area contributed by atoms with Crippen LogP contribution < -0.4 is 0 Å². The molecule has 1 aromatic heterocycles. The molecule has 22 heavy (non-hydrogen) atoms. The summed E-state index contributed by atoms with van der Waals surface area (Å²) >= 11 is 0. The SMILES string of the molecule is C=CC(=O)N1CC(C(=O)N(C)Cc2nc3ccccc3[nH]2)C1. The molecular formula is C16H18N4O2. The van der Waals surface area contributed by atoms with Crippen molar-refractivity contribution in [3.63, 3.8) is 0 Å². The highest BCUT2D eigenvalue weighted by Gasteiger charge is 2.36. The second-order valence-corrected chi connectivity index (χ2v) is 5.54. The first-order valence-electron chi connectivity index (χ1n) is 7.18. The number of hydrogen-bond acceptors (Lipinski definition) is 3. The maximum atomic E-state index is 12.3. The maximum Gasteiger partial charge on any atom is 0.246 e. The van der Waals surface area contributed by atoms with Crippen molar-refractivity contribution in [2.45, 2.75) is 6.54 Å². The third-order valence-electron chi connectivity index (χ3n) is 3.92. The summed E-state index contributed by atoms with van der Waals surface area (Å²) in [5.74, 6) is 0.547. The molecule has 6 nitrogen and oxygen atoms in total. The number of amides is 2. The largest absolute Gasteiger partial charge is 0.340 e. The van der Waals surface area contributed by atoms with Crippen molar-refractivity contribution in [3.05, 3.63) is 42.7 Å². The number of nitrogens with zero attached hydrogens (tertiary/aromatic N) is 3. The molecule has 1 fully saturated rings. The lowest BCUT2D eigenvalue weighted by Crippen LogP contribution is -2.55. The molecule has 1 saturated heterocycles. The number of likely N-dealkylation sites (tertiary alicyclic amines) is 1. The Labute approximate surface area is 128 Å². The number of hydrogen-bond donors (Lipinski definition) is 1. The zero-order valence-corrected chi connectivity index (χ0v) is 12.5. The zero-order chi connectivity index (χ0) is 15.7. The van der Waals surface area contributed by atoms with Gasteiger partial charge in [0.2, 0.25) is 11.8 Å². The predicted octanol–water partition coefficient (Wildman–Crippen LogP) is 1.17. The minimum absolute atomic E-state index is 0.0357. The molecule has 0 radical (unpaired) electrons. The molecule has 0 atom stereocenters. The van der Waals surface area contributed by atoms with Crippen molar-refractivity contribution >= 4 is 22.8 Å². The van der Waals surface area contributed by atoms with Crippen LogP contribution >= 0.6 is 0 Å². The van der Waals surface area contributed by atoms with Gasteiger partial charge in [-0.2, -0.15) is 0 Å². The molecule has 0 bridgehead atoms. The van der Waals surface area contributed by atoms with Crippen molar-refractivity contribution in [1.29, 1.82) is 0 Å². The number of aromatic nitrogens is 2. The van der Waals surface area contributed by atoms with Gasteiger partial charge in [-0.3, -0.25) is 9.59 Å². The first-order chi connectivity index (χ1) is 10.6. The molecule has 2 aromatic rings. The Morgan fingerprint density at radius 3 is 2.86 bits per heavy atom. The Hall–Kier alpha value is -2.63. The highest BCUT2D eigenvalue weighted by Crippen LogP contribution is 2.19. The zero-order valence-electron chi connectivity index (χ0n) is 12.5. The van der Waals surface area contributed by atoms with Crippen molar-refractivity contribution < 1.29 is 9.59 Å². The fraction of sp³-hybridized carbons (Fsp3) is 0.312. The molecule has 3 rings (SSSR count). The molecule has 2 heterocycles. The van der Waals surface area contributed by atoms with E-state index in [0.29, 0.717) is 19.6 Å². The third-order valence-corrected chi connectivity index (χ3v) is 3.92. The van der Waals surface area contributed by atoms with Gasteiger partial charge >= 0.3 is 0 Å².